The van der Waals surface area contributed by atoms with Crippen LogP contribution in [0.25, 0.3) is 0 Å². The second-order valence-corrected chi connectivity index (χ2v) is 3.58. The normalized spacial score (nSPS) is 9.94. The van der Waals surface area contributed by atoms with E-state index in [1.807, 2.05) is 6.07 Å². The first-order valence-electron chi connectivity index (χ1n) is 5.21. The van der Waals surface area contributed by atoms with Crippen molar-refractivity contribution in [1.29, 1.82) is 0 Å². The van der Waals surface area contributed by atoms with Crippen molar-refractivity contribution in [2.24, 2.45) is 0 Å². The minimum Gasteiger partial charge on any atom is -0.481 e. The number of aliphatic carboxylic acids is 1. The highest BCUT2D eigenvalue weighted by Crippen LogP contribution is 2.12. The average Bonchev–Trinajstić information content (AvgIpc) is 2.27. The van der Waals surface area contributed by atoms with Crippen LogP contribution in [0.3, 0.4) is 0 Å². The van der Waals surface area contributed by atoms with Gasteiger partial charge in [0, 0.05) is 19.2 Å². The summed E-state index contributed by atoms with van der Waals surface area (Å²) in [6.45, 7) is -0.000641. The van der Waals surface area contributed by atoms with Gasteiger partial charge in [-0.25, -0.2) is 0 Å². The summed E-state index contributed by atoms with van der Waals surface area (Å²) in [6.07, 6.45) is 0.527. The molecule has 0 aliphatic carbocycles. The molecule has 0 atom stereocenters. The maximum Gasteiger partial charge on any atom is 0.303 e. The molecule has 0 aliphatic rings. The van der Waals surface area contributed by atoms with Gasteiger partial charge in [0.15, 0.2) is 0 Å². The summed E-state index contributed by atoms with van der Waals surface area (Å²) in [5, 5.41) is 11.2. The predicted octanol–water partition coefficient (Wildman–Crippen LogP) is 1.29. The second-order valence-electron chi connectivity index (χ2n) is 3.58. The van der Waals surface area contributed by atoms with Crippen LogP contribution in [0.15, 0.2) is 24.3 Å². The number of hydrogen-bond donors (Lipinski definition) is 2. The number of carboxylic acid groups (broad SMARTS) is 1. The minimum atomic E-state index is -0.834. The molecule has 0 saturated carbocycles. The van der Waals surface area contributed by atoms with Gasteiger partial charge < -0.3 is 15.2 Å². The number of anilines is 1. The zero-order valence-electron chi connectivity index (χ0n) is 9.60. The Labute approximate surface area is 99.4 Å². The molecule has 0 heterocycles. The summed E-state index contributed by atoms with van der Waals surface area (Å²) >= 11 is 0. The van der Waals surface area contributed by atoms with Crippen LogP contribution >= 0.6 is 0 Å². The SMILES string of the molecule is COCC(=O)Nc1cccc(CCC(=O)O)c1. The van der Waals surface area contributed by atoms with Crippen LogP contribution in [-0.4, -0.2) is 30.7 Å². The molecular weight excluding hydrogens is 222 g/mol. The molecule has 1 aromatic rings. The van der Waals surface area contributed by atoms with E-state index in [1.54, 1.807) is 18.2 Å². The predicted molar refractivity (Wildman–Crippen MR) is 62.9 cm³/mol. The van der Waals surface area contributed by atoms with Crippen molar-refractivity contribution in [3.63, 3.8) is 0 Å². The summed E-state index contributed by atoms with van der Waals surface area (Å²) in [4.78, 5) is 21.7. The van der Waals surface area contributed by atoms with Gasteiger partial charge >= 0.3 is 5.97 Å². The van der Waals surface area contributed by atoms with Crippen LogP contribution < -0.4 is 5.32 Å². The van der Waals surface area contributed by atoms with Crippen molar-refractivity contribution in [3.05, 3.63) is 29.8 Å². The van der Waals surface area contributed by atoms with Gasteiger partial charge in [0.25, 0.3) is 0 Å². The van der Waals surface area contributed by atoms with Gasteiger partial charge in [-0.2, -0.15) is 0 Å². The van der Waals surface area contributed by atoms with Crippen LogP contribution in [0, 0.1) is 0 Å². The van der Waals surface area contributed by atoms with E-state index < -0.39 is 5.97 Å². The van der Waals surface area contributed by atoms with E-state index in [4.69, 9.17) is 9.84 Å². The minimum absolute atomic E-state index is 0.000641. The highest BCUT2D eigenvalue weighted by Gasteiger charge is 2.03. The summed E-state index contributed by atoms with van der Waals surface area (Å²) < 4.78 is 4.70. The number of carbonyl (C=O) groups excluding carboxylic acids is 1. The molecule has 0 fully saturated rings. The summed E-state index contributed by atoms with van der Waals surface area (Å²) in [5.74, 6) is -1.07. The van der Waals surface area contributed by atoms with E-state index in [0.717, 1.165) is 5.56 Å². The lowest BCUT2D eigenvalue weighted by molar-refractivity contribution is -0.137. The lowest BCUT2D eigenvalue weighted by atomic mass is 10.1. The molecule has 2 N–H and O–H groups in total. The van der Waals surface area contributed by atoms with Gasteiger partial charge in [-0.1, -0.05) is 12.1 Å². The first-order chi connectivity index (χ1) is 8.11. The molecule has 92 valence electrons. The number of carbonyl (C=O) groups is 2. The molecule has 5 nitrogen and oxygen atoms in total. The van der Waals surface area contributed by atoms with Crippen molar-refractivity contribution in [1.82, 2.24) is 0 Å². The largest absolute Gasteiger partial charge is 0.481 e. The number of rotatable bonds is 6. The zero-order chi connectivity index (χ0) is 12.7. The van der Waals surface area contributed by atoms with Crippen LogP contribution in [-0.2, 0) is 20.7 Å². The van der Waals surface area contributed by atoms with Gasteiger partial charge in [0.2, 0.25) is 5.91 Å². The Kier molecular flexibility index (Phi) is 5.16. The molecule has 0 saturated heterocycles. The monoisotopic (exact) mass is 237 g/mol. The molecule has 5 heteroatoms. The van der Waals surface area contributed by atoms with Crippen molar-refractivity contribution >= 4 is 17.6 Å². The summed E-state index contributed by atoms with van der Waals surface area (Å²) in [7, 11) is 1.45. The number of aryl methyl sites for hydroxylation is 1. The lowest BCUT2D eigenvalue weighted by Crippen LogP contribution is -2.17. The number of methoxy groups -OCH3 is 1. The number of amides is 1. The Morgan fingerprint density at radius 2 is 2.18 bits per heavy atom. The molecule has 0 unspecified atom stereocenters. The number of ether oxygens (including phenoxy) is 1. The fraction of sp³-hybridized carbons (Fsp3) is 0.333. The van der Waals surface area contributed by atoms with Gasteiger partial charge in [-0.3, -0.25) is 9.59 Å². The average molecular weight is 237 g/mol. The number of benzene rings is 1. The summed E-state index contributed by atoms with van der Waals surface area (Å²) in [5.41, 5.74) is 1.53. The summed E-state index contributed by atoms with van der Waals surface area (Å²) in [6, 6.07) is 7.11. The molecular formula is C12H15NO4. The molecule has 0 aromatic heterocycles. The number of carboxylic acids is 1. The Bertz CT molecular complexity index is 403. The highest BCUT2D eigenvalue weighted by atomic mass is 16.5. The van der Waals surface area contributed by atoms with E-state index in [0.29, 0.717) is 12.1 Å². The van der Waals surface area contributed by atoms with Gasteiger partial charge in [0.05, 0.1) is 0 Å². The van der Waals surface area contributed by atoms with Crippen molar-refractivity contribution < 1.29 is 19.4 Å². The molecule has 0 radical (unpaired) electrons. The molecule has 1 rings (SSSR count). The van der Waals surface area contributed by atoms with Gasteiger partial charge in [-0.05, 0) is 24.1 Å². The third-order valence-electron chi connectivity index (χ3n) is 2.11. The second kappa shape index (κ2) is 6.65. The Hall–Kier alpha value is -1.88. The Balaban J connectivity index is 2.59. The molecule has 0 aliphatic heterocycles. The molecule has 17 heavy (non-hydrogen) atoms. The van der Waals surface area contributed by atoms with Crippen molar-refractivity contribution in [2.75, 3.05) is 19.0 Å². The Morgan fingerprint density at radius 1 is 1.41 bits per heavy atom. The molecule has 1 amide bonds. The smallest absolute Gasteiger partial charge is 0.303 e. The third-order valence-corrected chi connectivity index (χ3v) is 2.11. The fourth-order valence-electron chi connectivity index (χ4n) is 1.38. The maximum absolute atomic E-state index is 11.3. The van der Waals surface area contributed by atoms with Gasteiger partial charge in [0.1, 0.15) is 6.61 Å². The fourth-order valence-corrected chi connectivity index (χ4v) is 1.38. The van der Waals surface area contributed by atoms with Crippen molar-refractivity contribution in [3.8, 4) is 0 Å². The van der Waals surface area contributed by atoms with E-state index in [-0.39, 0.29) is 18.9 Å². The highest BCUT2D eigenvalue weighted by molar-refractivity contribution is 5.91. The lowest BCUT2D eigenvalue weighted by Gasteiger charge is -2.06. The molecule has 0 spiro atoms. The number of nitrogens with one attached hydrogen (secondary N) is 1. The van der Waals surface area contributed by atoms with Crippen molar-refractivity contribution in [2.45, 2.75) is 12.8 Å². The van der Waals surface area contributed by atoms with Gasteiger partial charge in [-0.15, -0.1) is 0 Å². The standard InChI is InChI=1S/C12H15NO4/c1-17-8-11(14)13-10-4-2-3-9(7-10)5-6-12(15)16/h2-4,7H,5-6,8H2,1H3,(H,13,14)(H,15,16). The topological polar surface area (TPSA) is 75.6 Å². The zero-order valence-corrected chi connectivity index (χ0v) is 9.60. The first kappa shape index (κ1) is 13.2. The van der Waals surface area contributed by atoms with Crippen LogP contribution in [0.4, 0.5) is 5.69 Å². The van der Waals surface area contributed by atoms with Crippen LogP contribution in [0.1, 0.15) is 12.0 Å². The number of hydrogen-bond acceptors (Lipinski definition) is 3. The van der Waals surface area contributed by atoms with Crippen LogP contribution in [0.2, 0.25) is 0 Å². The van der Waals surface area contributed by atoms with Crippen LogP contribution in [0.5, 0.6) is 0 Å². The van der Waals surface area contributed by atoms with E-state index >= 15 is 0 Å². The Morgan fingerprint density at radius 3 is 2.82 bits per heavy atom. The first-order valence-corrected chi connectivity index (χ1v) is 5.21. The molecule has 0 bridgehead atoms. The van der Waals surface area contributed by atoms with E-state index in [9.17, 15) is 9.59 Å². The third kappa shape index (κ3) is 5.12. The molecule has 1 aromatic carbocycles. The van der Waals surface area contributed by atoms with E-state index in [1.165, 1.54) is 7.11 Å². The quantitative estimate of drug-likeness (QED) is 0.781. The maximum atomic E-state index is 11.3. The van der Waals surface area contributed by atoms with E-state index in [2.05, 4.69) is 5.32 Å².